The van der Waals surface area contributed by atoms with Crippen LogP contribution in [0.4, 0.5) is 0 Å². The zero-order valence-corrected chi connectivity index (χ0v) is 9.91. The third-order valence-corrected chi connectivity index (χ3v) is 4.21. The van der Waals surface area contributed by atoms with Gasteiger partial charge in [0.2, 0.25) is 0 Å². The highest BCUT2D eigenvalue weighted by atomic mass is 28.3. The van der Waals surface area contributed by atoms with E-state index in [0.29, 0.717) is 0 Å². The Hall–Kier alpha value is -1.15. The highest BCUT2D eigenvalue weighted by Gasteiger charge is 2.17. The molecule has 2 rings (SSSR count). The molecule has 0 saturated heterocycles. The molecule has 72 valence electrons. The predicted octanol–water partition coefficient (Wildman–Crippen LogP) is 2.78. The first-order valence-electron chi connectivity index (χ1n) is 4.93. The lowest BCUT2D eigenvalue weighted by Gasteiger charge is -2.15. The summed E-state index contributed by atoms with van der Waals surface area (Å²) in [5.41, 5.74) is 0. The Morgan fingerprint density at radius 2 is 1.64 bits per heavy atom. The molecule has 1 heterocycles. The first-order chi connectivity index (χ1) is 6.57. The smallest absolute Gasteiger partial charge is 0.101 e. The third kappa shape index (κ3) is 1.70. The summed E-state index contributed by atoms with van der Waals surface area (Å²) in [5.74, 6) is 0. The highest BCUT2D eigenvalue weighted by molar-refractivity contribution is 6.88. The third-order valence-electron chi connectivity index (χ3n) is 2.40. The Bertz CT molecular complexity index is 457. The molecule has 0 atom stereocenters. The van der Waals surface area contributed by atoms with E-state index in [1.807, 2.05) is 6.20 Å². The van der Waals surface area contributed by atoms with Gasteiger partial charge in [0.15, 0.2) is 0 Å². The topological polar surface area (TPSA) is 12.9 Å². The van der Waals surface area contributed by atoms with Crippen LogP contribution in [0.15, 0.2) is 36.5 Å². The molecule has 1 aromatic heterocycles. The zero-order valence-electron chi connectivity index (χ0n) is 8.91. The van der Waals surface area contributed by atoms with Gasteiger partial charge in [-0.15, -0.1) is 0 Å². The average molecular weight is 201 g/mol. The van der Waals surface area contributed by atoms with Crippen LogP contribution in [0.2, 0.25) is 19.6 Å². The number of nitrogens with zero attached hydrogens (tertiary/aromatic N) is 1. The van der Waals surface area contributed by atoms with Gasteiger partial charge >= 0.3 is 0 Å². The number of aromatic nitrogens is 1. The lowest BCUT2D eigenvalue weighted by Crippen LogP contribution is -2.39. The SMILES string of the molecule is C[Si](C)(C)c1cc2ccccc2cn1. The minimum absolute atomic E-state index is 1.23. The Balaban J connectivity index is 2.63. The molecule has 0 aliphatic heterocycles. The molecule has 0 radical (unpaired) electrons. The molecule has 0 aliphatic rings. The standard InChI is InChI=1S/C12H15NSi/c1-14(2,3)12-8-10-6-4-5-7-11(10)9-13-12/h4-9H,1-3H3. The maximum atomic E-state index is 4.54. The Labute approximate surface area is 85.8 Å². The van der Waals surface area contributed by atoms with Crippen molar-refractivity contribution in [1.29, 1.82) is 0 Å². The summed E-state index contributed by atoms with van der Waals surface area (Å²) in [4.78, 5) is 4.54. The van der Waals surface area contributed by atoms with Gasteiger partial charge < -0.3 is 0 Å². The van der Waals surface area contributed by atoms with Gasteiger partial charge in [0, 0.05) is 11.5 Å². The van der Waals surface area contributed by atoms with Crippen molar-refractivity contribution in [3.8, 4) is 0 Å². The molecule has 0 N–H and O–H groups in total. The summed E-state index contributed by atoms with van der Waals surface area (Å²) in [6.45, 7) is 6.97. The van der Waals surface area contributed by atoms with Gasteiger partial charge in [-0.05, 0) is 16.8 Å². The van der Waals surface area contributed by atoms with E-state index in [-0.39, 0.29) is 0 Å². The number of fused-ring (bicyclic) bond motifs is 1. The van der Waals surface area contributed by atoms with E-state index in [4.69, 9.17) is 0 Å². The molecule has 0 fully saturated rings. The molecular weight excluding hydrogens is 186 g/mol. The quantitative estimate of drug-likeness (QED) is 0.647. The van der Waals surface area contributed by atoms with Crippen LogP contribution in [-0.2, 0) is 0 Å². The maximum Gasteiger partial charge on any atom is 0.101 e. The van der Waals surface area contributed by atoms with Crippen LogP contribution in [0.25, 0.3) is 10.8 Å². The molecule has 0 amide bonds. The van der Waals surface area contributed by atoms with Gasteiger partial charge in [0.25, 0.3) is 0 Å². The number of hydrogen-bond donors (Lipinski definition) is 0. The van der Waals surface area contributed by atoms with E-state index < -0.39 is 8.07 Å². The number of hydrogen-bond acceptors (Lipinski definition) is 1. The van der Waals surface area contributed by atoms with Gasteiger partial charge in [-0.3, -0.25) is 4.98 Å². The molecule has 1 nitrogen and oxygen atoms in total. The average Bonchev–Trinajstić information content (AvgIpc) is 2.16. The van der Waals surface area contributed by atoms with Crippen molar-refractivity contribution in [1.82, 2.24) is 4.98 Å². The maximum absolute atomic E-state index is 4.54. The highest BCUT2D eigenvalue weighted by Crippen LogP contribution is 2.11. The second kappa shape index (κ2) is 3.21. The van der Waals surface area contributed by atoms with Crippen LogP contribution in [0, 0.1) is 0 Å². The Morgan fingerprint density at radius 1 is 1.00 bits per heavy atom. The minimum atomic E-state index is -1.26. The Kier molecular flexibility index (Phi) is 2.15. The van der Waals surface area contributed by atoms with E-state index in [1.54, 1.807) is 0 Å². The van der Waals surface area contributed by atoms with Crippen molar-refractivity contribution in [2.45, 2.75) is 19.6 Å². The summed E-state index contributed by atoms with van der Waals surface area (Å²) >= 11 is 0. The van der Waals surface area contributed by atoms with Crippen LogP contribution in [-0.4, -0.2) is 13.1 Å². The summed E-state index contributed by atoms with van der Waals surface area (Å²) in [5, 5.41) is 3.82. The van der Waals surface area contributed by atoms with Crippen LogP contribution >= 0.6 is 0 Å². The first kappa shape index (κ1) is 9.40. The molecule has 0 aliphatic carbocycles. The fourth-order valence-corrected chi connectivity index (χ4v) is 2.53. The zero-order chi connectivity index (χ0) is 10.2. The fourth-order valence-electron chi connectivity index (χ4n) is 1.49. The molecule has 0 unspecified atom stereocenters. The van der Waals surface area contributed by atoms with E-state index in [0.717, 1.165) is 0 Å². The molecule has 14 heavy (non-hydrogen) atoms. The summed E-state index contributed by atoms with van der Waals surface area (Å²) in [6, 6.07) is 10.6. The molecule has 0 bridgehead atoms. The van der Waals surface area contributed by atoms with Crippen LogP contribution in [0.5, 0.6) is 0 Å². The lowest BCUT2D eigenvalue weighted by atomic mass is 10.2. The van der Waals surface area contributed by atoms with Gasteiger partial charge in [-0.1, -0.05) is 43.9 Å². The fraction of sp³-hybridized carbons (Fsp3) is 0.250. The molecule has 2 heteroatoms. The number of benzene rings is 1. The van der Waals surface area contributed by atoms with Crippen molar-refractivity contribution in [2.75, 3.05) is 0 Å². The second-order valence-corrected chi connectivity index (χ2v) is 9.68. The number of pyridine rings is 1. The van der Waals surface area contributed by atoms with E-state index in [2.05, 4.69) is 55.0 Å². The van der Waals surface area contributed by atoms with Crippen molar-refractivity contribution >= 4 is 24.2 Å². The summed E-state index contributed by atoms with van der Waals surface area (Å²) < 4.78 is 0. The Morgan fingerprint density at radius 3 is 2.29 bits per heavy atom. The van der Waals surface area contributed by atoms with E-state index >= 15 is 0 Å². The minimum Gasteiger partial charge on any atom is -0.265 e. The second-order valence-electron chi connectivity index (χ2n) is 4.67. The van der Waals surface area contributed by atoms with Crippen molar-refractivity contribution in [2.24, 2.45) is 0 Å². The molecule has 0 spiro atoms. The predicted molar refractivity (Wildman–Crippen MR) is 64.7 cm³/mol. The first-order valence-corrected chi connectivity index (χ1v) is 8.43. The number of rotatable bonds is 1. The lowest BCUT2D eigenvalue weighted by molar-refractivity contribution is 1.39. The van der Waals surface area contributed by atoms with Crippen molar-refractivity contribution in [3.05, 3.63) is 36.5 Å². The monoisotopic (exact) mass is 201 g/mol. The largest absolute Gasteiger partial charge is 0.265 e. The van der Waals surface area contributed by atoms with E-state index in [9.17, 15) is 0 Å². The molecule has 2 aromatic rings. The van der Waals surface area contributed by atoms with Gasteiger partial charge in [0.1, 0.15) is 8.07 Å². The van der Waals surface area contributed by atoms with Crippen LogP contribution < -0.4 is 5.32 Å². The van der Waals surface area contributed by atoms with Gasteiger partial charge in [-0.2, -0.15) is 0 Å². The molecule has 1 aromatic carbocycles. The summed E-state index contributed by atoms with van der Waals surface area (Å²) in [6.07, 6.45) is 1.99. The van der Waals surface area contributed by atoms with Gasteiger partial charge in [-0.25, -0.2) is 0 Å². The van der Waals surface area contributed by atoms with Crippen molar-refractivity contribution in [3.63, 3.8) is 0 Å². The normalized spacial score (nSPS) is 11.9. The van der Waals surface area contributed by atoms with Crippen LogP contribution in [0.1, 0.15) is 0 Å². The van der Waals surface area contributed by atoms with Crippen molar-refractivity contribution < 1.29 is 0 Å². The molecular formula is C12H15NSi. The molecule has 0 saturated carbocycles. The van der Waals surface area contributed by atoms with E-state index in [1.165, 1.54) is 16.1 Å². The van der Waals surface area contributed by atoms with Gasteiger partial charge in [0.05, 0.1) is 0 Å². The van der Waals surface area contributed by atoms with Crippen LogP contribution in [0.3, 0.4) is 0 Å². The summed E-state index contributed by atoms with van der Waals surface area (Å²) in [7, 11) is -1.26.